The fourth-order valence-corrected chi connectivity index (χ4v) is 4.06. The lowest BCUT2D eigenvalue weighted by molar-refractivity contribution is -0.149. The summed E-state index contributed by atoms with van der Waals surface area (Å²) in [4.78, 5) is 25.6. The molecule has 2 aliphatic rings. The van der Waals surface area contributed by atoms with Gasteiger partial charge in [-0.2, -0.15) is 0 Å². The molecule has 1 aromatic rings. The smallest absolute Gasteiger partial charge is 0.311 e. The van der Waals surface area contributed by atoms with Crippen molar-refractivity contribution in [1.29, 1.82) is 0 Å². The number of hydrogen-bond donors (Lipinski definition) is 2. The molecule has 1 saturated heterocycles. The zero-order valence-corrected chi connectivity index (χ0v) is 13.1. The summed E-state index contributed by atoms with van der Waals surface area (Å²) >= 11 is 0. The van der Waals surface area contributed by atoms with E-state index in [-0.39, 0.29) is 18.3 Å². The third-order valence-corrected chi connectivity index (χ3v) is 5.07. The van der Waals surface area contributed by atoms with Gasteiger partial charge in [-0.25, -0.2) is 0 Å². The third kappa shape index (κ3) is 2.59. The van der Waals surface area contributed by atoms with E-state index >= 15 is 0 Å². The summed E-state index contributed by atoms with van der Waals surface area (Å²) in [5.41, 5.74) is 5.74. The number of nitrogens with zero attached hydrogens (tertiary/aromatic N) is 1. The highest BCUT2D eigenvalue weighted by Crippen LogP contribution is 2.50. The molecule has 0 radical (unpaired) electrons. The van der Waals surface area contributed by atoms with E-state index in [1.807, 2.05) is 35.2 Å². The van der Waals surface area contributed by atoms with Gasteiger partial charge >= 0.3 is 5.97 Å². The van der Waals surface area contributed by atoms with Gasteiger partial charge in [0.05, 0.1) is 5.41 Å². The lowest BCUT2D eigenvalue weighted by atomic mass is 9.81. The van der Waals surface area contributed by atoms with Gasteiger partial charge in [-0.3, -0.25) is 14.5 Å². The van der Waals surface area contributed by atoms with Crippen LogP contribution < -0.4 is 5.73 Å². The van der Waals surface area contributed by atoms with Gasteiger partial charge in [-0.15, -0.1) is 12.4 Å². The van der Waals surface area contributed by atoms with Gasteiger partial charge < -0.3 is 10.8 Å². The summed E-state index contributed by atoms with van der Waals surface area (Å²) in [5.74, 6) is -1.02. The molecule has 3 rings (SSSR count). The zero-order valence-electron chi connectivity index (χ0n) is 12.3. The van der Waals surface area contributed by atoms with Crippen molar-refractivity contribution >= 4 is 24.3 Å². The largest absolute Gasteiger partial charge is 0.481 e. The number of fused-ring (bicyclic) bond motifs is 1. The number of amides is 1. The molecule has 0 spiro atoms. The van der Waals surface area contributed by atoms with E-state index in [9.17, 15) is 14.7 Å². The van der Waals surface area contributed by atoms with Crippen LogP contribution in [0.25, 0.3) is 0 Å². The Hall–Kier alpha value is -1.59. The predicted molar refractivity (Wildman–Crippen MR) is 84.6 cm³/mol. The lowest BCUT2D eigenvalue weighted by Crippen LogP contribution is -2.40. The molecule has 1 heterocycles. The number of likely N-dealkylation sites (tertiary alicyclic amines) is 1. The molecule has 0 aromatic heterocycles. The first kappa shape index (κ1) is 16.8. The number of carbonyl (C=O) groups is 2. The minimum absolute atomic E-state index is 0. The highest BCUT2D eigenvalue weighted by atomic mass is 35.5. The van der Waals surface area contributed by atoms with Gasteiger partial charge in [0.2, 0.25) is 5.91 Å². The molecular formula is C16H21ClN2O3. The highest BCUT2D eigenvalue weighted by Gasteiger charge is 2.56. The summed E-state index contributed by atoms with van der Waals surface area (Å²) in [6, 6.07) is 8.84. The second-order valence-corrected chi connectivity index (χ2v) is 6.20. The summed E-state index contributed by atoms with van der Waals surface area (Å²) in [6.45, 7) is 1.05. The molecule has 1 aliphatic heterocycles. The van der Waals surface area contributed by atoms with Crippen LogP contribution in [0.1, 0.15) is 30.9 Å². The Kier molecular flexibility index (Phi) is 4.78. The first-order valence-corrected chi connectivity index (χ1v) is 7.36. The number of nitrogens with two attached hydrogens (primary N) is 1. The van der Waals surface area contributed by atoms with Gasteiger partial charge in [0, 0.05) is 13.1 Å². The van der Waals surface area contributed by atoms with E-state index < -0.39 is 23.3 Å². The van der Waals surface area contributed by atoms with Crippen LogP contribution >= 0.6 is 12.4 Å². The van der Waals surface area contributed by atoms with Gasteiger partial charge in [0.25, 0.3) is 0 Å². The van der Waals surface area contributed by atoms with E-state index in [1.165, 1.54) is 0 Å². The van der Waals surface area contributed by atoms with Crippen molar-refractivity contribution in [2.75, 3.05) is 13.1 Å². The molecule has 1 aliphatic carbocycles. The first-order chi connectivity index (χ1) is 10.0. The maximum atomic E-state index is 11.9. The van der Waals surface area contributed by atoms with Crippen LogP contribution in [0.5, 0.6) is 0 Å². The number of primary amides is 1. The summed E-state index contributed by atoms with van der Waals surface area (Å²) in [7, 11) is 0. The minimum atomic E-state index is -0.733. The van der Waals surface area contributed by atoms with E-state index in [1.54, 1.807) is 0 Å². The van der Waals surface area contributed by atoms with Gasteiger partial charge in [0.1, 0.15) is 6.04 Å². The second kappa shape index (κ2) is 6.26. The van der Waals surface area contributed by atoms with Crippen LogP contribution in [0.2, 0.25) is 0 Å². The molecule has 1 aromatic carbocycles. The van der Waals surface area contributed by atoms with Crippen molar-refractivity contribution in [3.8, 4) is 0 Å². The van der Waals surface area contributed by atoms with Gasteiger partial charge in [-0.1, -0.05) is 36.8 Å². The number of carboxylic acids is 1. The molecule has 3 N–H and O–H groups in total. The van der Waals surface area contributed by atoms with E-state index in [0.29, 0.717) is 19.5 Å². The number of rotatable bonds is 4. The number of carboxylic acid groups (broad SMARTS) is 1. The Morgan fingerprint density at radius 3 is 2.55 bits per heavy atom. The Bertz CT molecular complexity index is 566. The van der Waals surface area contributed by atoms with Crippen LogP contribution in [0, 0.1) is 11.3 Å². The maximum Gasteiger partial charge on any atom is 0.311 e. The van der Waals surface area contributed by atoms with Crippen molar-refractivity contribution < 1.29 is 14.7 Å². The van der Waals surface area contributed by atoms with Crippen molar-refractivity contribution in [2.24, 2.45) is 17.1 Å². The fourth-order valence-electron chi connectivity index (χ4n) is 4.06. The van der Waals surface area contributed by atoms with Crippen LogP contribution in [-0.4, -0.2) is 35.0 Å². The normalized spacial score (nSPS) is 28.6. The quantitative estimate of drug-likeness (QED) is 0.885. The summed E-state index contributed by atoms with van der Waals surface area (Å²) in [6.07, 6.45) is 2.57. The Morgan fingerprint density at radius 1 is 1.32 bits per heavy atom. The van der Waals surface area contributed by atoms with Gasteiger partial charge in [-0.05, 0) is 24.3 Å². The average molecular weight is 325 g/mol. The number of halogens is 1. The molecule has 22 heavy (non-hydrogen) atoms. The molecule has 2 fully saturated rings. The molecule has 6 heteroatoms. The molecule has 1 amide bonds. The van der Waals surface area contributed by atoms with Crippen LogP contribution in [0.3, 0.4) is 0 Å². The number of hydrogen-bond acceptors (Lipinski definition) is 3. The summed E-state index contributed by atoms with van der Waals surface area (Å²) < 4.78 is 0. The molecule has 0 bridgehead atoms. The molecule has 5 nitrogen and oxygen atoms in total. The predicted octanol–water partition coefficient (Wildman–Crippen LogP) is 1.82. The molecule has 120 valence electrons. The van der Waals surface area contributed by atoms with Gasteiger partial charge in [0.15, 0.2) is 0 Å². The molecule has 1 saturated carbocycles. The van der Waals surface area contributed by atoms with E-state index in [4.69, 9.17) is 5.73 Å². The maximum absolute atomic E-state index is 11.9. The number of aliphatic carboxylic acids is 1. The lowest BCUT2D eigenvalue weighted by Gasteiger charge is -2.28. The standard InChI is InChI=1S/C16H20N2O3.ClH/c17-14(19)13(11-5-2-1-3-6-11)18-9-12-7-4-8-16(12,10-18)15(20)21;/h1-3,5-6,12-13H,4,7-10H2,(H2,17,19)(H,20,21);1H/t12-,13?,16+;/m0./s1. The van der Waals surface area contributed by atoms with E-state index in [0.717, 1.165) is 18.4 Å². The van der Waals surface area contributed by atoms with Crippen molar-refractivity contribution in [3.63, 3.8) is 0 Å². The first-order valence-electron chi connectivity index (χ1n) is 7.36. The topological polar surface area (TPSA) is 83.6 Å². The highest BCUT2D eigenvalue weighted by molar-refractivity contribution is 5.85. The SMILES string of the molecule is Cl.NC(=O)C(c1ccccc1)N1C[C@@H]2CCC[C@@]2(C(=O)O)C1. The Morgan fingerprint density at radius 2 is 2.00 bits per heavy atom. The summed E-state index contributed by atoms with van der Waals surface area (Å²) in [5, 5.41) is 9.64. The molecular weight excluding hydrogens is 304 g/mol. The third-order valence-electron chi connectivity index (χ3n) is 5.07. The van der Waals surface area contributed by atoms with E-state index in [2.05, 4.69) is 0 Å². The van der Waals surface area contributed by atoms with Crippen LogP contribution in [0.15, 0.2) is 30.3 Å². The second-order valence-electron chi connectivity index (χ2n) is 6.20. The number of benzene rings is 1. The van der Waals surface area contributed by atoms with Crippen molar-refractivity contribution in [3.05, 3.63) is 35.9 Å². The Balaban J connectivity index is 0.00000176. The molecule has 1 unspecified atom stereocenters. The van der Waals surface area contributed by atoms with Crippen LogP contribution in [-0.2, 0) is 9.59 Å². The monoisotopic (exact) mass is 324 g/mol. The fraction of sp³-hybridized carbons (Fsp3) is 0.500. The number of carbonyl (C=O) groups excluding carboxylic acids is 1. The molecule has 3 atom stereocenters. The van der Waals surface area contributed by atoms with Crippen molar-refractivity contribution in [1.82, 2.24) is 4.90 Å². The Labute approximate surface area is 135 Å². The zero-order chi connectivity index (χ0) is 15.0. The average Bonchev–Trinajstić information content (AvgIpc) is 2.97. The minimum Gasteiger partial charge on any atom is -0.481 e. The van der Waals surface area contributed by atoms with Crippen LogP contribution in [0.4, 0.5) is 0 Å². The van der Waals surface area contributed by atoms with Crippen molar-refractivity contribution in [2.45, 2.75) is 25.3 Å².